The molecule has 12 heteroatoms. The summed E-state index contributed by atoms with van der Waals surface area (Å²) in [5, 5.41) is 18.2. The van der Waals surface area contributed by atoms with Crippen LogP contribution in [-0.2, 0) is 38.4 Å². The van der Waals surface area contributed by atoms with E-state index in [1.807, 2.05) is 32.0 Å². The summed E-state index contributed by atoms with van der Waals surface area (Å²) >= 11 is 0. The molecule has 0 saturated heterocycles. The normalized spacial score (nSPS) is 22.0. The van der Waals surface area contributed by atoms with Gasteiger partial charge in [0.05, 0.1) is 20.3 Å². The van der Waals surface area contributed by atoms with E-state index < -0.39 is 47.9 Å². The zero-order valence-corrected chi connectivity index (χ0v) is 26.8. The maximum absolute atomic E-state index is 13.9. The van der Waals surface area contributed by atoms with Crippen LogP contribution in [0, 0.1) is 5.92 Å². The zero-order valence-electron chi connectivity index (χ0n) is 26.8. The largest absolute Gasteiger partial charge is 0.496 e. The van der Waals surface area contributed by atoms with Gasteiger partial charge in [-0.1, -0.05) is 38.5 Å². The predicted octanol–water partition coefficient (Wildman–Crippen LogP) is 2.73. The summed E-state index contributed by atoms with van der Waals surface area (Å²) in [7, 11) is 3.06. The maximum atomic E-state index is 13.9. The van der Waals surface area contributed by atoms with Crippen molar-refractivity contribution in [2.45, 2.75) is 63.7 Å². The molecule has 3 aromatic carbocycles. The molecule has 3 aliphatic heterocycles. The molecule has 6 N–H and O–H groups in total. The molecule has 12 nitrogen and oxygen atoms in total. The summed E-state index contributed by atoms with van der Waals surface area (Å²) in [6.07, 6.45) is 0.670. The van der Waals surface area contributed by atoms with Crippen molar-refractivity contribution < 1.29 is 38.5 Å². The first-order valence-electron chi connectivity index (χ1n) is 15.6. The Labute approximate surface area is 273 Å². The van der Waals surface area contributed by atoms with Crippen molar-refractivity contribution >= 4 is 23.7 Å². The van der Waals surface area contributed by atoms with Crippen LogP contribution in [0.3, 0.4) is 0 Å². The van der Waals surface area contributed by atoms with E-state index in [1.165, 1.54) is 14.2 Å². The highest BCUT2D eigenvalue weighted by atomic mass is 16.5. The maximum Gasteiger partial charge on any atom is 0.326 e. The van der Waals surface area contributed by atoms with Crippen molar-refractivity contribution in [2.75, 3.05) is 14.2 Å². The summed E-state index contributed by atoms with van der Waals surface area (Å²) in [5.74, 6) is -1.62. The second-order valence-corrected chi connectivity index (χ2v) is 12.0. The number of fused-ring (bicyclic) bond motifs is 9. The third kappa shape index (κ3) is 7.33. The van der Waals surface area contributed by atoms with Gasteiger partial charge in [-0.15, -0.1) is 0 Å². The van der Waals surface area contributed by atoms with Crippen LogP contribution in [0.5, 0.6) is 23.0 Å². The Kier molecular flexibility index (Phi) is 10.00. The summed E-state index contributed by atoms with van der Waals surface area (Å²) < 4.78 is 18.0. The number of rotatable bonds is 5. The molecule has 6 rings (SSSR count). The van der Waals surface area contributed by atoms with E-state index in [2.05, 4.69) is 16.0 Å². The third-order valence-electron chi connectivity index (χ3n) is 8.74. The molecule has 0 spiro atoms. The zero-order chi connectivity index (χ0) is 33.8. The molecule has 3 aliphatic rings. The van der Waals surface area contributed by atoms with Crippen LogP contribution in [0.2, 0.25) is 0 Å². The molecule has 3 aromatic rings. The minimum absolute atomic E-state index is 0.000357. The molecule has 248 valence electrons. The number of carbonyl (C=O) groups excluding carboxylic acids is 3. The summed E-state index contributed by atoms with van der Waals surface area (Å²) in [6, 6.07) is 11.4. The Hall–Kier alpha value is -5.10. The number of carboxylic acid groups (broad SMARTS) is 1. The van der Waals surface area contributed by atoms with Gasteiger partial charge in [0.15, 0.2) is 11.5 Å². The predicted molar refractivity (Wildman–Crippen MR) is 173 cm³/mol. The molecule has 0 fully saturated rings. The van der Waals surface area contributed by atoms with Gasteiger partial charge < -0.3 is 41.0 Å². The highest BCUT2D eigenvalue weighted by molar-refractivity contribution is 5.94. The van der Waals surface area contributed by atoms with Crippen molar-refractivity contribution in [1.82, 2.24) is 16.0 Å². The highest BCUT2D eigenvalue weighted by Gasteiger charge is 2.34. The number of amides is 3. The average molecular weight is 645 g/mol. The Balaban J connectivity index is 1.76. The lowest BCUT2D eigenvalue weighted by atomic mass is 9.94. The fourth-order valence-electron chi connectivity index (χ4n) is 5.90. The number of carboxylic acids is 1. The first-order valence-corrected chi connectivity index (χ1v) is 15.6. The summed E-state index contributed by atoms with van der Waals surface area (Å²) in [4.78, 5) is 53.4. The van der Waals surface area contributed by atoms with Gasteiger partial charge in [-0.25, -0.2) is 4.79 Å². The lowest BCUT2D eigenvalue weighted by molar-refractivity contribution is -0.142. The number of aliphatic carboxylic acids is 1. The molecule has 8 bridgehead atoms. The molecule has 5 atom stereocenters. The molecule has 0 aromatic heterocycles. The molecule has 0 saturated carbocycles. The number of hydrogen-bond donors (Lipinski definition) is 5. The van der Waals surface area contributed by atoms with Crippen molar-refractivity contribution in [1.29, 1.82) is 0 Å². The minimum Gasteiger partial charge on any atom is -0.496 e. The Bertz CT molecular complexity index is 1670. The smallest absolute Gasteiger partial charge is 0.326 e. The fraction of sp³-hybridized carbons (Fsp3) is 0.371. The van der Waals surface area contributed by atoms with Crippen LogP contribution in [-0.4, -0.2) is 67.2 Å². The molecule has 3 amide bonds. The van der Waals surface area contributed by atoms with Gasteiger partial charge in [0.25, 0.3) is 0 Å². The summed E-state index contributed by atoms with van der Waals surface area (Å²) in [6.45, 7) is 3.70. The fourth-order valence-corrected chi connectivity index (χ4v) is 5.90. The topological polar surface area (TPSA) is 178 Å². The second-order valence-electron chi connectivity index (χ2n) is 12.0. The SMILES string of the molecule is CC[C@H](C)[C@H]1NC(=O)[C@H](N)Cc2ccc(OC)c(c2)-c2cc3cc(c2OC)Oc2ccc(cc2)C[C@H](C(=O)O)NC(=O)[C@H](C3)NC1=O. The van der Waals surface area contributed by atoms with E-state index in [4.69, 9.17) is 19.9 Å². The van der Waals surface area contributed by atoms with Crippen molar-refractivity contribution in [3.63, 3.8) is 0 Å². The van der Waals surface area contributed by atoms with Gasteiger partial charge in [-0.2, -0.15) is 0 Å². The van der Waals surface area contributed by atoms with E-state index in [1.54, 1.807) is 36.4 Å². The van der Waals surface area contributed by atoms with Gasteiger partial charge in [-0.05, 0) is 65.4 Å². The van der Waals surface area contributed by atoms with E-state index >= 15 is 0 Å². The van der Waals surface area contributed by atoms with E-state index in [9.17, 15) is 24.3 Å². The van der Waals surface area contributed by atoms with Crippen LogP contribution in [0.25, 0.3) is 11.1 Å². The van der Waals surface area contributed by atoms with Crippen LogP contribution in [0.1, 0.15) is 37.0 Å². The number of hydrogen-bond acceptors (Lipinski definition) is 8. The van der Waals surface area contributed by atoms with Crippen molar-refractivity contribution in [3.8, 4) is 34.1 Å². The van der Waals surface area contributed by atoms with E-state index in [0.717, 1.165) is 5.56 Å². The van der Waals surface area contributed by atoms with E-state index in [-0.39, 0.29) is 25.2 Å². The standard InChI is InChI=1S/C35H40N4O8/c1-5-18(2)30-34(42)37-26-16-21-13-24(23-12-20(8-11-28(23)45-3)14-25(36)32(40)39-30)31(46-4)29(17-21)47-22-9-6-19(7-10-22)15-27(35(43)44)38-33(26)41/h6-13,17-18,25-27,30H,5,14-16,36H2,1-4H3,(H,37,42)(H,38,41)(H,39,40)(H,43,44)/t18-,25+,26-,27+,30+/m0/s1. The Morgan fingerprint density at radius 3 is 2.23 bits per heavy atom. The molecule has 0 radical (unpaired) electrons. The van der Waals surface area contributed by atoms with Crippen LogP contribution >= 0.6 is 0 Å². The highest BCUT2D eigenvalue weighted by Crippen LogP contribution is 2.45. The molecular formula is C35H40N4O8. The van der Waals surface area contributed by atoms with Crippen LogP contribution in [0.4, 0.5) is 0 Å². The first kappa shape index (κ1) is 33.3. The number of nitrogens with two attached hydrogens (primary N) is 1. The van der Waals surface area contributed by atoms with Gasteiger partial charge in [0.2, 0.25) is 17.7 Å². The minimum atomic E-state index is -1.28. The number of carbonyl (C=O) groups is 4. The van der Waals surface area contributed by atoms with Crippen LogP contribution in [0.15, 0.2) is 54.6 Å². The van der Waals surface area contributed by atoms with Crippen molar-refractivity contribution in [2.24, 2.45) is 11.7 Å². The van der Waals surface area contributed by atoms with Gasteiger partial charge in [-0.3, -0.25) is 14.4 Å². The number of nitrogens with one attached hydrogen (secondary N) is 3. The molecule has 0 unspecified atom stereocenters. The first-order chi connectivity index (χ1) is 22.5. The monoisotopic (exact) mass is 644 g/mol. The van der Waals surface area contributed by atoms with E-state index in [0.29, 0.717) is 51.7 Å². The number of benzene rings is 3. The number of methoxy groups -OCH3 is 2. The summed E-state index contributed by atoms with van der Waals surface area (Å²) in [5.41, 5.74) is 9.55. The van der Waals surface area contributed by atoms with Crippen LogP contribution < -0.4 is 35.9 Å². The second kappa shape index (κ2) is 14.1. The third-order valence-corrected chi connectivity index (χ3v) is 8.74. The number of ether oxygens (including phenoxy) is 3. The van der Waals surface area contributed by atoms with Gasteiger partial charge in [0.1, 0.15) is 29.6 Å². The molecule has 47 heavy (non-hydrogen) atoms. The average Bonchev–Trinajstić information content (AvgIpc) is 3.05. The van der Waals surface area contributed by atoms with Gasteiger partial charge in [0, 0.05) is 24.0 Å². The molecular weight excluding hydrogens is 604 g/mol. The van der Waals surface area contributed by atoms with Gasteiger partial charge >= 0.3 is 5.97 Å². The lowest BCUT2D eigenvalue weighted by Crippen LogP contribution is -2.59. The molecule has 0 aliphatic carbocycles. The Morgan fingerprint density at radius 1 is 0.872 bits per heavy atom. The van der Waals surface area contributed by atoms with Crippen molar-refractivity contribution in [3.05, 3.63) is 71.3 Å². The quantitative estimate of drug-likeness (QED) is 0.279. The molecule has 3 heterocycles. The lowest BCUT2D eigenvalue weighted by Gasteiger charge is -2.28. The Morgan fingerprint density at radius 2 is 1.57 bits per heavy atom.